The smallest absolute Gasteiger partial charge is 0.241 e. The van der Waals surface area contributed by atoms with Crippen molar-refractivity contribution in [2.45, 2.75) is 25.3 Å². The fourth-order valence-electron chi connectivity index (χ4n) is 2.93. The summed E-state index contributed by atoms with van der Waals surface area (Å²) in [5, 5.41) is 0. The number of rotatable bonds is 6. The maximum absolute atomic E-state index is 12.4. The van der Waals surface area contributed by atoms with Crippen LogP contribution in [0.5, 0.6) is 0 Å². The fourth-order valence-corrected chi connectivity index (χ4v) is 2.93. The first kappa shape index (κ1) is 18.4. The molecular weight excluding hydrogens is 306 g/mol. The topological polar surface area (TPSA) is 75.9 Å². The minimum atomic E-state index is -0.629. The number of methoxy groups -OCH3 is 1. The highest BCUT2D eigenvalue weighted by atomic mass is 16.5. The molecule has 1 aliphatic heterocycles. The SMILES string of the molecule is COCC(N)C(=O)N1CCCN(C(=O)CCc2ccccc2)CC1. The summed E-state index contributed by atoms with van der Waals surface area (Å²) in [6.07, 6.45) is 2.03. The Bertz CT molecular complexity index is 536. The highest BCUT2D eigenvalue weighted by Crippen LogP contribution is 2.09. The van der Waals surface area contributed by atoms with Gasteiger partial charge in [-0.25, -0.2) is 0 Å². The van der Waals surface area contributed by atoms with Gasteiger partial charge in [0.25, 0.3) is 0 Å². The largest absolute Gasteiger partial charge is 0.383 e. The van der Waals surface area contributed by atoms with Gasteiger partial charge in [-0.2, -0.15) is 0 Å². The molecule has 1 unspecified atom stereocenters. The van der Waals surface area contributed by atoms with Crippen LogP contribution in [-0.4, -0.2) is 67.6 Å². The number of nitrogens with two attached hydrogens (primary N) is 1. The minimum absolute atomic E-state index is 0.101. The molecule has 132 valence electrons. The molecule has 6 nitrogen and oxygen atoms in total. The lowest BCUT2D eigenvalue weighted by atomic mass is 10.1. The summed E-state index contributed by atoms with van der Waals surface area (Å²) >= 11 is 0. The number of hydrogen-bond donors (Lipinski definition) is 1. The van der Waals surface area contributed by atoms with Crippen LogP contribution < -0.4 is 5.73 Å². The molecule has 24 heavy (non-hydrogen) atoms. The summed E-state index contributed by atoms with van der Waals surface area (Å²) in [6.45, 7) is 2.65. The maximum Gasteiger partial charge on any atom is 0.241 e. The summed E-state index contributed by atoms with van der Waals surface area (Å²) < 4.78 is 4.94. The molecule has 0 spiro atoms. The van der Waals surface area contributed by atoms with E-state index in [1.54, 1.807) is 4.90 Å². The van der Waals surface area contributed by atoms with Gasteiger partial charge in [0.15, 0.2) is 0 Å². The van der Waals surface area contributed by atoms with E-state index < -0.39 is 6.04 Å². The van der Waals surface area contributed by atoms with Crippen LogP contribution in [0.4, 0.5) is 0 Å². The summed E-state index contributed by atoms with van der Waals surface area (Å²) in [4.78, 5) is 28.3. The Hall–Kier alpha value is -1.92. The molecule has 0 aromatic heterocycles. The molecule has 0 saturated carbocycles. The number of benzene rings is 1. The van der Waals surface area contributed by atoms with E-state index in [1.807, 2.05) is 35.2 Å². The van der Waals surface area contributed by atoms with Crippen molar-refractivity contribution < 1.29 is 14.3 Å². The van der Waals surface area contributed by atoms with Crippen LogP contribution in [0, 0.1) is 0 Å². The Morgan fingerprint density at radius 1 is 1.12 bits per heavy atom. The molecule has 1 fully saturated rings. The van der Waals surface area contributed by atoms with Crippen molar-refractivity contribution in [3.05, 3.63) is 35.9 Å². The predicted molar refractivity (Wildman–Crippen MR) is 92.4 cm³/mol. The maximum atomic E-state index is 12.4. The van der Waals surface area contributed by atoms with Crippen LogP contribution in [0.25, 0.3) is 0 Å². The molecule has 1 saturated heterocycles. The van der Waals surface area contributed by atoms with Crippen LogP contribution in [0.1, 0.15) is 18.4 Å². The highest BCUT2D eigenvalue weighted by Gasteiger charge is 2.25. The first-order valence-corrected chi connectivity index (χ1v) is 8.47. The zero-order valence-corrected chi connectivity index (χ0v) is 14.3. The molecule has 1 aliphatic rings. The van der Waals surface area contributed by atoms with E-state index in [0.29, 0.717) is 32.6 Å². The van der Waals surface area contributed by atoms with Crippen molar-refractivity contribution in [3.8, 4) is 0 Å². The lowest BCUT2D eigenvalue weighted by Crippen LogP contribution is -2.47. The number of nitrogens with zero attached hydrogens (tertiary/aromatic N) is 2. The number of aryl methyl sites for hydroxylation is 1. The molecule has 2 rings (SSSR count). The quantitative estimate of drug-likeness (QED) is 0.829. The van der Waals surface area contributed by atoms with Gasteiger partial charge in [-0.3, -0.25) is 9.59 Å². The zero-order valence-electron chi connectivity index (χ0n) is 14.3. The van der Waals surface area contributed by atoms with E-state index in [0.717, 1.165) is 12.8 Å². The third kappa shape index (κ3) is 5.32. The number of ether oxygens (including phenoxy) is 1. The van der Waals surface area contributed by atoms with Crippen molar-refractivity contribution >= 4 is 11.8 Å². The molecule has 0 radical (unpaired) electrons. The molecule has 1 aromatic rings. The number of amides is 2. The van der Waals surface area contributed by atoms with Crippen molar-refractivity contribution in [1.82, 2.24) is 9.80 Å². The molecule has 0 bridgehead atoms. The first-order valence-electron chi connectivity index (χ1n) is 8.47. The third-order valence-electron chi connectivity index (χ3n) is 4.29. The van der Waals surface area contributed by atoms with E-state index in [4.69, 9.17) is 10.5 Å². The number of carbonyl (C=O) groups excluding carboxylic acids is 2. The highest BCUT2D eigenvalue weighted by molar-refractivity contribution is 5.82. The second kappa shape index (κ2) is 9.39. The minimum Gasteiger partial charge on any atom is -0.383 e. The molecule has 6 heteroatoms. The zero-order chi connectivity index (χ0) is 17.4. The molecule has 2 amide bonds. The first-order chi connectivity index (χ1) is 11.6. The Morgan fingerprint density at radius 3 is 2.50 bits per heavy atom. The van der Waals surface area contributed by atoms with Gasteiger partial charge in [-0.15, -0.1) is 0 Å². The van der Waals surface area contributed by atoms with E-state index >= 15 is 0 Å². The molecular formula is C18H27N3O3. The van der Waals surface area contributed by atoms with Gasteiger partial charge in [0.1, 0.15) is 6.04 Å². The summed E-state index contributed by atoms with van der Waals surface area (Å²) in [6, 6.07) is 9.38. The van der Waals surface area contributed by atoms with Gasteiger partial charge >= 0.3 is 0 Å². The van der Waals surface area contributed by atoms with Gasteiger partial charge in [-0.05, 0) is 18.4 Å². The normalized spacial score (nSPS) is 16.6. The average molecular weight is 333 g/mol. The predicted octanol–water partition coefficient (Wildman–Crippen LogP) is 0.654. The Balaban J connectivity index is 1.81. The Labute approximate surface area is 143 Å². The number of carbonyl (C=O) groups is 2. The lowest BCUT2D eigenvalue weighted by Gasteiger charge is -2.24. The van der Waals surface area contributed by atoms with Gasteiger partial charge in [0.05, 0.1) is 6.61 Å². The average Bonchev–Trinajstić information content (AvgIpc) is 2.86. The van der Waals surface area contributed by atoms with E-state index in [9.17, 15) is 9.59 Å². The molecule has 1 atom stereocenters. The second-order valence-corrected chi connectivity index (χ2v) is 6.11. The summed E-state index contributed by atoms with van der Waals surface area (Å²) in [7, 11) is 1.53. The number of hydrogen-bond acceptors (Lipinski definition) is 4. The van der Waals surface area contributed by atoms with Crippen molar-refractivity contribution in [1.29, 1.82) is 0 Å². The monoisotopic (exact) mass is 333 g/mol. The van der Waals surface area contributed by atoms with Gasteiger partial charge < -0.3 is 20.3 Å². The Morgan fingerprint density at radius 2 is 1.79 bits per heavy atom. The van der Waals surface area contributed by atoms with Crippen molar-refractivity contribution in [3.63, 3.8) is 0 Å². The molecule has 2 N–H and O–H groups in total. The summed E-state index contributed by atoms with van der Waals surface area (Å²) in [5.41, 5.74) is 6.99. The molecule has 0 aliphatic carbocycles. The van der Waals surface area contributed by atoms with Crippen LogP contribution in [0.3, 0.4) is 0 Å². The van der Waals surface area contributed by atoms with Crippen molar-refractivity contribution in [2.75, 3.05) is 39.9 Å². The van der Waals surface area contributed by atoms with Crippen molar-refractivity contribution in [2.24, 2.45) is 5.73 Å². The van der Waals surface area contributed by atoms with Gasteiger partial charge in [0, 0.05) is 39.7 Å². The van der Waals surface area contributed by atoms with E-state index in [1.165, 1.54) is 12.7 Å². The van der Waals surface area contributed by atoms with Crippen LogP contribution in [0.2, 0.25) is 0 Å². The Kier molecular flexibility index (Phi) is 7.21. The van der Waals surface area contributed by atoms with Gasteiger partial charge in [0.2, 0.25) is 11.8 Å². The fraction of sp³-hybridized carbons (Fsp3) is 0.556. The van der Waals surface area contributed by atoms with Gasteiger partial charge in [-0.1, -0.05) is 30.3 Å². The van der Waals surface area contributed by atoms with E-state index in [-0.39, 0.29) is 18.4 Å². The lowest BCUT2D eigenvalue weighted by molar-refractivity contribution is -0.135. The summed E-state index contributed by atoms with van der Waals surface area (Å²) in [5.74, 6) is 0.0461. The van der Waals surface area contributed by atoms with Crippen LogP contribution >= 0.6 is 0 Å². The van der Waals surface area contributed by atoms with E-state index in [2.05, 4.69) is 0 Å². The molecule has 1 heterocycles. The third-order valence-corrected chi connectivity index (χ3v) is 4.29. The van der Waals surface area contributed by atoms with Crippen LogP contribution in [-0.2, 0) is 20.7 Å². The standard InChI is InChI=1S/C18H27N3O3/c1-24-14-16(19)18(23)21-11-5-10-20(12-13-21)17(22)9-8-15-6-3-2-4-7-15/h2-4,6-7,16H,5,8-14,19H2,1H3. The second-order valence-electron chi connectivity index (χ2n) is 6.11. The van der Waals surface area contributed by atoms with Crippen LogP contribution in [0.15, 0.2) is 30.3 Å². The molecule has 1 aromatic carbocycles.